The van der Waals surface area contributed by atoms with Gasteiger partial charge in [0, 0.05) is 17.5 Å². The van der Waals surface area contributed by atoms with Gasteiger partial charge in [0.15, 0.2) is 0 Å². The summed E-state index contributed by atoms with van der Waals surface area (Å²) in [7, 11) is 1.45. The summed E-state index contributed by atoms with van der Waals surface area (Å²) < 4.78 is 20.8. The molecular weight excluding hydrogens is 507 g/mol. The van der Waals surface area contributed by atoms with E-state index in [4.69, 9.17) is 9.57 Å². The number of rotatable bonds is 7. The Kier molecular flexibility index (Phi) is 7.33. The summed E-state index contributed by atoms with van der Waals surface area (Å²) in [4.78, 5) is 19.6. The van der Waals surface area contributed by atoms with Gasteiger partial charge in [-0.2, -0.15) is 5.06 Å². The maximum Gasteiger partial charge on any atom is 0.240 e. The van der Waals surface area contributed by atoms with Crippen molar-refractivity contribution < 1.29 is 29.0 Å². The second-order valence-electron chi connectivity index (χ2n) is 10.8. The van der Waals surface area contributed by atoms with Crippen LogP contribution in [0, 0.1) is 34.9 Å². The summed E-state index contributed by atoms with van der Waals surface area (Å²) in [6, 6.07) is 2.02. The molecule has 34 heavy (non-hydrogen) atoms. The number of hydrogen-bond acceptors (Lipinski definition) is 6. The van der Waals surface area contributed by atoms with E-state index in [0.717, 1.165) is 6.42 Å². The van der Waals surface area contributed by atoms with Gasteiger partial charge >= 0.3 is 0 Å². The minimum atomic E-state index is -0.914. The highest BCUT2D eigenvalue weighted by atomic mass is 79.9. The summed E-state index contributed by atoms with van der Waals surface area (Å²) in [5, 5.41) is 25.1. The van der Waals surface area contributed by atoms with Crippen LogP contribution in [0.3, 0.4) is 0 Å². The highest BCUT2D eigenvalue weighted by Crippen LogP contribution is 2.61. The SMILES string of the molecule is COc1c(Br)ccc(F)c1CN1O[C@@H](CO)[C@@H]([C@H](C)O)C1C(=O)N[C@H]1C[C@@H]2CC([C@@H]1C)C2(C)C. The molecule has 4 aliphatic rings. The van der Waals surface area contributed by atoms with Crippen LogP contribution in [0.2, 0.25) is 0 Å². The third-order valence-corrected chi connectivity index (χ3v) is 9.36. The van der Waals surface area contributed by atoms with E-state index < -0.39 is 30.0 Å². The highest BCUT2D eigenvalue weighted by molar-refractivity contribution is 9.10. The number of aliphatic hydroxyl groups is 2. The van der Waals surface area contributed by atoms with E-state index in [9.17, 15) is 19.4 Å². The topological polar surface area (TPSA) is 91.3 Å². The Morgan fingerprint density at radius 3 is 2.68 bits per heavy atom. The zero-order chi connectivity index (χ0) is 24.9. The van der Waals surface area contributed by atoms with E-state index in [2.05, 4.69) is 42.0 Å². The van der Waals surface area contributed by atoms with Gasteiger partial charge in [-0.05, 0) is 71.0 Å². The fourth-order valence-corrected chi connectivity index (χ4v) is 7.12. The number of fused-ring (bicyclic) bond motifs is 2. The number of hydroxylamine groups is 2. The highest BCUT2D eigenvalue weighted by Gasteiger charge is 2.57. The molecule has 3 aliphatic carbocycles. The molecule has 190 valence electrons. The smallest absolute Gasteiger partial charge is 0.240 e. The summed E-state index contributed by atoms with van der Waals surface area (Å²) >= 11 is 3.38. The fourth-order valence-electron chi connectivity index (χ4n) is 6.58. The van der Waals surface area contributed by atoms with Crippen molar-refractivity contribution >= 4 is 21.8 Å². The van der Waals surface area contributed by atoms with Gasteiger partial charge in [0.25, 0.3) is 0 Å². The third kappa shape index (κ3) is 4.28. The second kappa shape index (κ2) is 9.65. The lowest BCUT2D eigenvalue weighted by Gasteiger charge is -2.62. The number of aliphatic hydroxyl groups excluding tert-OH is 2. The lowest BCUT2D eigenvalue weighted by atomic mass is 9.45. The first-order chi connectivity index (χ1) is 16.0. The van der Waals surface area contributed by atoms with E-state index in [1.165, 1.54) is 24.7 Å². The molecule has 1 saturated heterocycles. The first-order valence-corrected chi connectivity index (χ1v) is 12.8. The van der Waals surface area contributed by atoms with Crippen molar-refractivity contribution in [2.75, 3.05) is 13.7 Å². The number of carbonyl (C=O) groups is 1. The Morgan fingerprint density at radius 2 is 2.12 bits per heavy atom. The normalized spacial score (nSPS) is 35.5. The number of ether oxygens (including phenoxy) is 1. The van der Waals surface area contributed by atoms with Crippen LogP contribution in [-0.2, 0) is 16.2 Å². The number of amides is 1. The molecular formula is C25H36BrFN2O5. The van der Waals surface area contributed by atoms with E-state index in [0.29, 0.717) is 33.4 Å². The standard InChI is InChI=1S/C25H36BrFN2O5/c1-12-16-8-14(25(16,3)4)9-19(12)28-24(32)22-21(13(2)31)20(11-30)34-29(22)10-15-18(27)7-6-17(26)23(15)33-5/h6-7,12-14,16,19-22,30-31H,8-11H2,1-5H3,(H,28,32)/t12-,13-,14-,16?,19-,20-,21+,22?/m0/s1. The van der Waals surface area contributed by atoms with Crippen LogP contribution in [0.15, 0.2) is 16.6 Å². The average Bonchev–Trinajstić information content (AvgIpc) is 3.16. The molecule has 1 amide bonds. The van der Waals surface area contributed by atoms with E-state index in [-0.39, 0.29) is 30.7 Å². The van der Waals surface area contributed by atoms with Gasteiger partial charge < -0.3 is 20.3 Å². The molecule has 1 heterocycles. The molecule has 5 rings (SSSR count). The van der Waals surface area contributed by atoms with Crippen molar-refractivity contribution in [1.82, 2.24) is 10.4 Å². The van der Waals surface area contributed by atoms with Gasteiger partial charge in [0.1, 0.15) is 23.7 Å². The number of halogens is 2. The van der Waals surface area contributed by atoms with Crippen molar-refractivity contribution in [3.63, 3.8) is 0 Å². The van der Waals surface area contributed by atoms with Gasteiger partial charge in [0.05, 0.1) is 30.8 Å². The Hall–Kier alpha value is -1.26. The Balaban J connectivity index is 1.60. The van der Waals surface area contributed by atoms with E-state index in [1.807, 2.05) is 0 Å². The van der Waals surface area contributed by atoms with Gasteiger partial charge in [-0.25, -0.2) is 4.39 Å². The van der Waals surface area contributed by atoms with Crippen LogP contribution in [0.25, 0.3) is 0 Å². The van der Waals surface area contributed by atoms with Crippen LogP contribution in [-0.4, -0.2) is 59.2 Å². The zero-order valence-corrected chi connectivity index (χ0v) is 22.0. The predicted octanol–water partition coefficient (Wildman–Crippen LogP) is 3.26. The molecule has 1 aromatic rings. The lowest BCUT2D eigenvalue weighted by molar-refractivity contribution is -0.183. The molecule has 0 radical (unpaired) electrons. The summed E-state index contributed by atoms with van der Waals surface area (Å²) in [6.45, 7) is 7.95. The number of carbonyl (C=O) groups excluding carboxylic acids is 1. The van der Waals surface area contributed by atoms with Crippen molar-refractivity contribution in [2.45, 2.75) is 71.4 Å². The Bertz CT molecular complexity index is 929. The fraction of sp³-hybridized carbons (Fsp3) is 0.720. The first kappa shape index (κ1) is 25.8. The average molecular weight is 543 g/mol. The minimum absolute atomic E-state index is 0.0334. The lowest BCUT2D eigenvalue weighted by Crippen LogP contribution is -2.62. The third-order valence-electron chi connectivity index (χ3n) is 8.74. The van der Waals surface area contributed by atoms with Gasteiger partial charge in [-0.3, -0.25) is 9.63 Å². The molecule has 3 saturated carbocycles. The molecule has 7 nitrogen and oxygen atoms in total. The van der Waals surface area contributed by atoms with E-state index >= 15 is 0 Å². The molecule has 1 aromatic carbocycles. The maximum atomic E-state index is 14.8. The van der Waals surface area contributed by atoms with Gasteiger partial charge in [-0.1, -0.05) is 20.8 Å². The first-order valence-electron chi connectivity index (χ1n) is 12.0. The molecule has 4 fully saturated rings. The van der Waals surface area contributed by atoms with Crippen molar-refractivity contribution in [3.05, 3.63) is 28.0 Å². The molecule has 2 unspecified atom stereocenters. The second-order valence-corrected chi connectivity index (χ2v) is 11.6. The monoisotopic (exact) mass is 542 g/mol. The van der Waals surface area contributed by atoms with Crippen LogP contribution >= 0.6 is 15.9 Å². The molecule has 0 aromatic heterocycles. The molecule has 3 N–H and O–H groups in total. The summed E-state index contributed by atoms with van der Waals surface area (Å²) in [6.07, 6.45) is 0.418. The molecule has 9 heteroatoms. The largest absolute Gasteiger partial charge is 0.495 e. The van der Waals surface area contributed by atoms with Crippen LogP contribution in [0.4, 0.5) is 4.39 Å². The number of hydrogen-bond donors (Lipinski definition) is 3. The predicted molar refractivity (Wildman–Crippen MR) is 128 cm³/mol. The zero-order valence-electron chi connectivity index (χ0n) is 20.4. The molecule has 1 aliphatic heterocycles. The number of nitrogens with zero attached hydrogens (tertiary/aromatic N) is 1. The number of nitrogens with one attached hydrogen (secondary N) is 1. The quantitative estimate of drug-likeness (QED) is 0.489. The van der Waals surface area contributed by atoms with Crippen molar-refractivity contribution in [1.29, 1.82) is 0 Å². The maximum absolute atomic E-state index is 14.8. The van der Waals surface area contributed by atoms with Crippen molar-refractivity contribution in [2.24, 2.45) is 29.1 Å². The number of methoxy groups -OCH3 is 1. The summed E-state index contributed by atoms with van der Waals surface area (Å²) in [5.41, 5.74) is 0.522. The summed E-state index contributed by atoms with van der Waals surface area (Å²) in [5.74, 6) is 0.348. The molecule has 2 bridgehead atoms. The Labute approximate surface area is 209 Å². The van der Waals surface area contributed by atoms with Gasteiger partial charge in [0.2, 0.25) is 5.91 Å². The van der Waals surface area contributed by atoms with Crippen molar-refractivity contribution in [3.8, 4) is 5.75 Å². The molecule has 0 spiro atoms. The molecule has 8 atom stereocenters. The minimum Gasteiger partial charge on any atom is -0.495 e. The van der Waals surface area contributed by atoms with Gasteiger partial charge in [-0.15, -0.1) is 0 Å². The van der Waals surface area contributed by atoms with Crippen LogP contribution < -0.4 is 10.1 Å². The van der Waals surface area contributed by atoms with Crippen LogP contribution in [0.5, 0.6) is 5.75 Å². The Morgan fingerprint density at radius 1 is 1.41 bits per heavy atom. The van der Waals surface area contributed by atoms with E-state index in [1.54, 1.807) is 13.0 Å². The van der Waals surface area contributed by atoms with Crippen LogP contribution in [0.1, 0.15) is 46.1 Å². The number of benzene rings is 1.